The summed E-state index contributed by atoms with van der Waals surface area (Å²) in [5, 5.41) is 3.09. The Balaban J connectivity index is 1.81. The average molecular weight is 356 g/mol. The standard InChI is InChI=1S/C20H25FN4O/c1-14-22-11-17(12-23-14)13-25-8-4-7-19(24-15(2)26)20(25)10-16-5-3-6-18(21)9-16/h3,5-6,9,11-12,19-20H,4,7-8,10,13H2,1-2H3,(H,24,26)/t19-,20-/m0/s1. The van der Waals surface area contributed by atoms with Crippen molar-refractivity contribution in [2.24, 2.45) is 0 Å². The average Bonchev–Trinajstić information content (AvgIpc) is 2.59. The van der Waals surface area contributed by atoms with Crippen LogP contribution in [0.2, 0.25) is 0 Å². The van der Waals surface area contributed by atoms with Gasteiger partial charge < -0.3 is 5.32 Å². The summed E-state index contributed by atoms with van der Waals surface area (Å²) >= 11 is 0. The molecule has 2 heterocycles. The lowest BCUT2D eigenvalue weighted by atomic mass is 9.90. The van der Waals surface area contributed by atoms with Crippen molar-refractivity contribution in [3.05, 3.63) is 59.4 Å². The zero-order valence-electron chi connectivity index (χ0n) is 15.3. The van der Waals surface area contributed by atoms with Gasteiger partial charge in [0.25, 0.3) is 0 Å². The van der Waals surface area contributed by atoms with Crippen LogP contribution in [0.1, 0.15) is 36.7 Å². The molecule has 1 aliphatic rings. The second-order valence-corrected chi connectivity index (χ2v) is 6.96. The molecule has 1 aromatic carbocycles. The van der Waals surface area contributed by atoms with Gasteiger partial charge in [0, 0.05) is 43.5 Å². The Morgan fingerprint density at radius 1 is 1.31 bits per heavy atom. The van der Waals surface area contributed by atoms with Crippen LogP contribution in [0.25, 0.3) is 0 Å². The van der Waals surface area contributed by atoms with Gasteiger partial charge in [0.1, 0.15) is 11.6 Å². The molecule has 26 heavy (non-hydrogen) atoms. The largest absolute Gasteiger partial charge is 0.352 e. The minimum Gasteiger partial charge on any atom is -0.352 e. The fraction of sp³-hybridized carbons (Fsp3) is 0.450. The summed E-state index contributed by atoms with van der Waals surface area (Å²) in [6, 6.07) is 6.87. The summed E-state index contributed by atoms with van der Waals surface area (Å²) in [5.41, 5.74) is 1.99. The van der Waals surface area contributed by atoms with E-state index in [1.165, 1.54) is 6.07 Å². The number of aromatic nitrogens is 2. The molecule has 0 saturated carbocycles. The molecule has 1 aromatic heterocycles. The summed E-state index contributed by atoms with van der Waals surface area (Å²) in [5.74, 6) is 0.493. The van der Waals surface area contributed by atoms with Crippen molar-refractivity contribution in [1.29, 1.82) is 0 Å². The van der Waals surface area contributed by atoms with Crippen molar-refractivity contribution in [3.63, 3.8) is 0 Å². The van der Waals surface area contributed by atoms with E-state index in [2.05, 4.69) is 20.2 Å². The molecule has 1 amide bonds. The molecule has 0 bridgehead atoms. The normalized spacial score (nSPS) is 20.7. The first kappa shape index (κ1) is 18.5. The fourth-order valence-corrected chi connectivity index (χ4v) is 3.67. The zero-order chi connectivity index (χ0) is 18.5. The number of likely N-dealkylation sites (tertiary alicyclic amines) is 1. The summed E-state index contributed by atoms with van der Waals surface area (Å²) in [6.07, 6.45) is 6.33. The molecule has 0 unspecified atom stereocenters. The molecular weight excluding hydrogens is 331 g/mol. The van der Waals surface area contributed by atoms with Crippen LogP contribution in [0.3, 0.4) is 0 Å². The van der Waals surface area contributed by atoms with Crippen LogP contribution in [0, 0.1) is 12.7 Å². The Morgan fingerprint density at radius 2 is 2.08 bits per heavy atom. The minimum absolute atomic E-state index is 0.0280. The van der Waals surface area contributed by atoms with Gasteiger partial charge in [-0.15, -0.1) is 0 Å². The van der Waals surface area contributed by atoms with E-state index < -0.39 is 0 Å². The van der Waals surface area contributed by atoms with Crippen LogP contribution in [0.5, 0.6) is 0 Å². The van der Waals surface area contributed by atoms with Crippen molar-refractivity contribution in [1.82, 2.24) is 20.2 Å². The first-order valence-corrected chi connectivity index (χ1v) is 9.04. The van der Waals surface area contributed by atoms with Crippen molar-refractivity contribution in [2.45, 2.75) is 51.7 Å². The third-order valence-corrected chi connectivity index (χ3v) is 4.84. The van der Waals surface area contributed by atoms with Gasteiger partial charge >= 0.3 is 0 Å². The maximum absolute atomic E-state index is 13.6. The second-order valence-electron chi connectivity index (χ2n) is 6.96. The summed E-state index contributed by atoms with van der Waals surface area (Å²) in [7, 11) is 0. The highest BCUT2D eigenvalue weighted by molar-refractivity contribution is 5.73. The number of nitrogens with zero attached hydrogens (tertiary/aromatic N) is 3. The molecule has 0 spiro atoms. The monoisotopic (exact) mass is 356 g/mol. The van der Waals surface area contributed by atoms with Gasteiger partial charge in [0.15, 0.2) is 0 Å². The third-order valence-electron chi connectivity index (χ3n) is 4.84. The van der Waals surface area contributed by atoms with Gasteiger partial charge in [-0.3, -0.25) is 9.69 Å². The first-order valence-electron chi connectivity index (χ1n) is 9.04. The third kappa shape index (κ3) is 4.85. The number of rotatable bonds is 5. The number of hydrogen-bond acceptors (Lipinski definition) is 4. The number of carbonyl (C=O) groups excluding carboxylic acids is 1. The van der Waals surface area contributed by atoms with Gasteiger partial charge in [-0.2, -0.15) is 0 Å². The maximum Gasteiger partial charge on any atom is 0.217 e. The van der Waals surface area contributed by atoms with E-state index in [0.29, 0.717) is 6.42 Å². The summed E-state index contributed by atoms with van der Waals surface area (Å²) in [6.45, 7) is 5.07. The summed E-state index contributed by atoms with van der Waals surface area (Å²) in [4.78, 5) is 22.6. The van der Waals surface area contributed by atoms with E-state index in [0.717, 1.165) is 42.9 Å². The van der Waals surface area contributed by atoms with Crippen LogP contribution >= 0.6 is 0 Å². The highest BCUT2D eigenvalue weighted by Crippen LogP contribution is 2.24. The molecule has 1 fully saturated rings. The Kier molecular flexibility index (Phi) is 5.93. The molecule has 2 aromatic rings. The van der Waals surface area contributed by atoms with Gasteiger partial charge in [-0.05, 0) is 50.4 Å². The molecule has 3 rings (SSSR count). The van der Waals surface area contributed by atoms with Crippen LogP contribution < -0.4 is 5.32 Å². The van der Waals surface area contributed by atoms with Gasteiger partial charge in [0.05, 0.1) is 0 Å². The Hall–Kier alpha value is -2.34. The minimum atomic E-state index is -0.229. The SMILES string of the molecule is CC(=O)N[C@H]1CCCN(Cc2cnc(C)nc2)[C@H]1Cc1cccc(F)c1. The highest BCUT2D eigenvalue weighted by atomic mass is 19.1. The Morgan fingerprint density at radius 3 is 2.77 bits per heavy atom. The highest BCUT2D eigenvalue weighted by Gasteiger charge is 2.32. The number of nitrogens with one attached hydrogen (secondary N) is 1. The van der Waals surface area contributed by atoms with Crippen LogP contribution in [-0.2, 0) is 17.8 Å². The smallest absolute Gasteiger partial charge is 0.217 e. The van der Waals surface area contributed by atoms with Crippen molar-refractivity contribution in [2.75, 3.05) is 6.54 Å². The van der Waals surface area contributed by atoms with E-state index in [1.807, 2.05) is 25.4 Å². The van der Waals surface area contributed by atoms with Crippen molar-refractivity contribution >= 4 is 5.91 Å². The topological polar surface area (TPSA) is 58.1 Å². The van der Waals surface area contributed by atoms with E-state index in [1.54, 1.807) is 19.1 Å². The van der Waals surface area contributed by atoms with Crippen molar-refractivity contribution < 1.29 is 9.18 Å². The van der Waals surface area contributed by atoms with E-state index in [-0.39, 0.29) is 23.8 Å². The number of halogens is 1. The number of piperidine rings is 1. The molecule has 5 nitrogen and oxygen atoms in total. The summed E-state index contributed by atoms with van der Waals surface area (Å²) < 4.78 is 13.6. The number of amides is 1. The predicted molar refractivity (Wildman–Crippen MR) is 97.9 cm³/mol. The molecular formula is C20H25FN4O. The molecule has 0 radical (unpaired) electrons. The van der Waals surface area contributed by atoms with Crippen LogP contribution in [0.15, 0.2) is 36.7 Å². The van der Waals surface area contributed by atoms with Crippen molar-refractivity contribution in [3.8, 4) is 0 Å². The molecule has 1 saturated heterocycles. The number of aryl methyl sites for hydroxylation is 1. The Labute approximate surface area is 153 Å². The van der Waals surface area contributed by atoms with Gasteiger partial charge in [-0.25, -0.2) is 14.4 Å². The quantitative estimate of drug-likeness (QED) is 0.895. The molecule has 0 aliphatic carbocycles. The molecule has 1 N–H and O–H groups in total. The number of benzene rings is 1. The Bertz CT molecular complexity index is 750. The van der Waals surface area contributed by atoms with E-state index in [9.17, 15) is 9.18 Å². The predicted octanol–water partition coefficient (Wildman–Crippen LogP) is 2.64. The van der Waals surface area contributed by atoms with E-state index in [4.69, 9.17) is 0 Å². The second kappa shape index (κ2) is 8.36. The zero-order valence-corrected chi connectivity index (χ0v) is 15.3. The molecule has 138 valence electrons. The molecule has 2 atom stereocenters. The van der Waals surface area contributed by atoms with Crippen LogP contribution in [0.4, 0.5) is 4.39 Å². The number of hydrogen-bond donors (Lipinski definition) is 1. The lowest BCUT2D eigenvalue weighted by Crippen LogP contribution is -2.55. The molecule has 1 aliphatic heterocycles. The van der Waals surface area contributed by atoms with Crippen LogP contribution in [-0.4, -0.2) is 39.4 Å². The first-order chi connectivity index (χ1) is 12.5. The number of carbonyl (C=O) groups is 1. The van der Waals surface area contributed by atoms with E-state index >= 15 is 0 Å². The van der Waals surface area contributed by atoms with Gasteiger partial charge in [-0.1, -0.05) is 12.1 Å². The lowest BCUT2D eigenvalue weighted by molar-refractivity contribution is -0.120. The van der Waals surface area contributed by atoms with Gasteiger partial charge in [0.2, 0.25) is 5.91 Å². The maximum atomic E-state index is 13.6. The lowest BCUT2D eigenvalue weighted by Gasteiger charge is -2.41. The molecule has 6 heteroatoms. The fourth-order valence-electron chi connectivity index (χ4n) is 3.67.